The number of hydrogen-bond donors (Lipinski definition) is 1. The maximum atomic E-state index is 12.4. The maximum absolute atomic E-state index is 12.4. The van der Waals surface area contributed by atoms with E-state index in [1.165, 1.54) is 0 Å². The van der Waals surface area contributed by atoms with Crippen LogP contribution in [0.15, 0.2) is 10.9 Å². The minimum absolute atomic E-state index is 0.0103. The van der Waals surface area contributed by atoms with Gasteiger partial charge in [0.15, 0.2) is 0 Å². The van der Waals surface area contributed by atoms with Gasteiger partial charge in [-0.05, 0) is 37.2 Å². The average molecular weight is 302 g/mol. The first-order valence-corrected chi connectivity index (χ1v) is 8.45. The van der Waals surface area contributed by atoms with Crippen molar-refractivity contribution in [2.45, 2.75) is 65.6 Å². The van der Waals surface area contributed by atoms with Crippen molar-refractivity contribution in [1.29, 1.82) is 0 Å². The Morgan fingerprint density at radius 2 is 2.00 bits per heavy atom. The highest BCUT2D eigenvalue weighted by Crippen LogP contribution is 2.45. The third-order valence-corrected chi connectivity index (χ3v) is 5.49. The predicted molar refractivity (Wildman–Crippen MR) is 87.9 cm³/mol. The predicted octanol–water partition coefficient (Wildman–Crippen LogP) is 3.42. The second-order valence-electron chi connectivity index (χ2n) is 6.75. The molecule has 5 atom stereocenters. The number of fused-ring (bicyclic) bond motifs is 1. The highest BCUT2D eigenvalue weighted by molar-refractivity contribution is 5.73. The van der Waals surface area contributed by atoms with Crippen LogP contribution < -0.4 is 5.56 Å². The van der Waals surface area contributed by atoms with Crippen molar-refractivity contribution in [2.75, 3.05) is 0 Å². The van der Waals surface area contributed by atoms with E-state index in [2.05, 4.69) is 43.7 Å². The van der Waals surface area contributed by atoms with E-state index in [0.717, 1.165) is 29.7 Å². The number of H-pyrrole nitrogens is 1. The van der Waals surface area contributed by atoms with E-state index in [9.17, 15) is 4.79 Å². The molecule has 1 aliphatic heterocycles. The Labute approximate surface area is 132 Å². The molecular weight excluding hydrogens is 276 g/mol. The number of allylic oxidation sites excluding steroid dienone is 1. The van der Waals surface area contributed by atoms with Crippen LogP contribution in [0.4, 0.5) is 0 Å². The van der Waals surface area contributed by atoms with Gasteiger partial charge >= 0.3 is 0 Å². The lowest BCUT2D eigenvalue weighted by molar-refractivity contribution is 0.0213. The van der Waals surface area contributed by atoms with E-state index in [1.54, 1.807) is 0 Å². The van der Waals surface area contributed by atoms with Gasteiger partial charge < -0.3 is 9.72 Å². The summed E-state index contributed by atoms with van der Waals surface area (Å²) in [5.41, 5.74) is 2.79. The van der Waals surface area contributed by atoms with Crippen molar-refractivity contribution in [3.63, 3.8) is 0 Å². The molecule has 22 heavy (non-hydrogen) atoms. The van der Waals surface area contributed by atoms with E-state index in [0.29, 0.717) is 23.8 Å². The third-order valence-electron chi connectivity index (χ3n) is 5.49. The molecule has 1 fully saturated rings. The van der Waals surface area contributed by atoms with Gasteiger partial charge in [-0.3, -0.25) is 4.79 Å². The molecule has 0 saturated carbocycles. The number of rotatable bonds is 3. The summed E-state index contributed by atoms with van der Waals surface area (Å²) in [5, 5.41) is 0. The highest BCUT2D eigenvalue weighted by Gasteiger charge is 2.44. The summed E-state index contributed by atoms with van der Waals surface area (Å²) >= 11 is 0. The number of aryl methyl sites for hydroxylation is 1. The Kier molecular flexibility index (Phi) is 3.98. The molecule has 0 spiro atoms. The lowest BCUT2D eigenvalue weighted by Gasteiger charge is -2.22. The highest BCUT2D eigenvalue weighted by atomic mass is 16.5. The normalized spacial score (nSPS) is 33.9. The molecule has 0 aromatic carbocycles. The molecule has 1 aromatic heterocycles. The second-order valence-corrected chi connectivity index (χ2v) is 6.75. The quantitative estimate of drug-likeness (QED) is 0.931. The Bertz CT molecular complexity index is 662. The van der Waals surface area contributed by atoms with Gasteiger partial charge in [-0.25, -0.2) is 4.98 Å². The number of hydrogen-bond acceptors (Lipinski definition) is 3. The summed E-state index contributed by atoms with van der Waals surface area (Å²) in [7, 11) is 0. The van der Waals surface area contributed by atoms with Crippen LogP contribution in [-0.2, 0) is 4.74 Å². The first-order valence-electron chi connectivity index (χ1n) is 8.45. The number of nitrogens with one attached hydrogen (secondary N) is 1. The van der Waals surface area contributed by atoms with Crippen molar-refractivity contribution in [2.24, 2.45) is 11.8 Å². The standard InChI is InChI=1S/C18H26N2O2/c1-6-12-8-13(16-15(12)18(21)20-11(5)19-16)17-10(4)9(3)14(7-2)22-17/h8-10,13-14,17H,6-7H2,1-5H3,(H,19,20,21). The Morgan fingerprint density at radius 1 is 1.27 bits per heavy atom. The molecule has 1 aliphatic carbocycles. The SMILES string of the molecule is CCC1=CC(C2OC(CC)C(C)C2C)c2nc(C)[nH]c(=O)c21. The molecular formula is C18H26N2O2. The summed E-state index contributed by atoms with van der Waals surface area (Å²) in [6.45, 7) is 10.7. The van der Waals surface area contributed by atoms with E-state index >= 15 is 0 Å². The zero-order chi connectivity index (χ0) is 16.0. The minimum atomic E-state index is -0.0103. The fourth-order valence-corrected chi connectivity index (χ4v) is 4.05. The molecule has 0 radical (unpaired) electrons. The summed E-state index contributed by atoms with van der Waals surface area (Å²) < 4.78 is 6.35. The summed E-state index contributed by atoms with van der Waals surface area (Å²) in [5.74, 6) is 1.81. The van der Waals surface area contributed by atoms with Crippen molar-refractivity contribution in [3.8, 4) is 0 Å². The summed E-state index contributed by atoms with van der Waals surface area (Å²) in [6.07, 6.45) is 4.54. The molecule has 3 rings (SSSR count). The zero-order valence-electron chi connectivity index (χ0n) is 14.1. The van der Waals surface area contributed by atoms with Crippen molar-refractivity contribution < 1.29 is 4.74 Å². The lowest BCUT2D eigenvalue weighted by Crippen LogP contribution is -2.25. The van der Waals surface area contributed by atoms with Crippen LogP contribution in [0.25, 0.3) is 5.57 Å². The van der Waals surface area contributed by atoms with Crippen LogP contribution in [0.1, 0.15) is 63.5 Å². The second kappa shape index (κ2) is 5.65. The van der Waals surface area contributed by atoms with Crippen molar-refractivity contribution in [3.05, 3.63) is 33.5 Å². The number of ether oxygens (including phenoxy) is 1. The van der Waals surface area contributed by atoms with Crippen LogP contribution in [-0.4, -0.2) is 22.2 Å². The monoisotopic (exact) mass is 302 g/mol. The first-order chi connectivity index (χ1) is 10.5. The topological polar surface area (TPSA) is 55.0 Å². The van der Waals surface area contributed by atoms with Gasteiger partial charge in [-0.1, -0.05) is 33.8 Å². The van der Waals surface area contributed by atoms with Crippen LogP contribution >= 0.6 is 0 Å². The molecule has 120 valence electrons. The maximum Gasteiger partial charge on any atom is 0.258 e. The van der Waals surface area contributed by atoms with Gasteiger partial charge in [0.1, 0.15) is 5.82 Å². The van der Waals surface area contributed by atoms with E-state index in [-0.39, 0.29) is 17.6 Å². The van der Waals surface area contributed by atoms with E-state index in [4.69, 9.17) is 4.74 Å². The number of aromatic amines is 1. The summed E-state index contributed by atoms with van der Waals surface area (Å²) in [4.78, 5) is 19.8. The zero-order valence-corrected chi connectivity index (χ0v) is 14.1. The fourth-order valence-electron chi connectivity index (χ4n) is 4.05. The van der Waals surface area contributed by atoms with Gasteiger partial charge in [0.25, 0.3) is 5.56 Å². The third kappa shape index (κ3) is 2.24. The van der Waals surface area contributed by atoms with Crippen molar-refractivity contribution >= 4 is 5.57 Å². The van der Waals surface area contributed by atoms with Crippen LogP contribution in [0.5, 0.6) is 0 Å². The Hall–Kier alpha value is -1.42. The Morgan fingerprint density at radius 3 is 2.59 bits per heavy atom. The molecule has 0 amide bonds. The molecule has 1 N–H and O–H groups in total. The largest absolute Gasteiger partial charge is 0.373 e. The lowest BCUT2D eigenvalue weighted by atomic mass is 9.84. The number of aromatic nitrogens is 2. The summed E-state index contributed by atoms with van der Waals surface area (Å²) in [6, 6.07) is 0. The van der Waals surface area contributed by atoms with Crippen LogP contribution in [0.2, 0.25) is 0 Å². The molecule has 4 heteroatoms. The van der Waals surface area contributed by atoms with Crippen LogP contribution in [0.3, 0.4) is 0 Å². The smallest absolute Gasteiger partial charge is 0.258 e. The minimum Gasteiger partial charge on any atom is -0.373 e. The molecule has 2 aliphatic rings. The van der Waals surface area contributed by atoms with Crippen LogP contribution in [0, 0.1) is 18.8 Å². The fraction of sp³-hybridized carbons (Fsp3) is 0.667. The molecule has 4 nitrogen and oxygen atoms in total. The number of nitrogens with zero attached hydrogens (tertiary/aromatic N) is 1. The van der Waals surface area contributed by atoms with Gasteiger partial charge in [-0.15, -0.1) is 0 Å². The van der Waals surface area contributed by atoms with Gasteiger partial charge in [0.05, 0.1) is 23.5 Å². The molecule has 0 bridgehead atoms. The van der Waals surface area contributed by atoms with E-state index < -0.39 is 0 Å². The van der Waals surface area contributed by atoms with Crippen molar-refractivity contribution in [1.82, 2.24) is 9.97 Å². The van der Waals surface area contributed by atoms with Gasteiger partial charge in [0, 0.05) is 5.92 Å². The average Bonchev–Trinajstić information content (AvgIpc) is 2.98. The molecule has 2 heterocycles. The molecule has 5 unspecified atom stereocenters. The van der Waals surface area contributed by atoms with Gasteiger partial charge in [-0.2, -0.15) is 0 Å². The Balaban J connectivity index is 2.04. The van der Waals surface area contributed by atoms with Gasteiger partial charge in [0.2, 0.25) is 0 Å². The molecule has 1 saturated heterocycles. The molecule has 1 aromatic rings. The first kappa shape index (κ1) is 15.5. The van der Waals surface area contributed by atoms with E-state index in [1.807, 2.05) is 6.92 Å².